The number of carbonyl (C=O) groups excluding carboxylic acids is 15. The number of aliphatic carboxylic acids is 1. The number of aromatic amines is 1. The van der Waals surface area contributed by atoms with Crippen LogP contribution in [0.25, 0.3) is 10.9 Å². The number of fused-ring (bicyclic) bond motifs is 1. The molecule has 1 aromatic carbocycles. The summed E-state index contributed by atoms with van der Waals surface area (Å²) in [5.74, 6) is -17.0. The maximum atomic E-state index is 14.9. The van der Waals surface area contributed by atoms with E-state index in [0.29, 0.717) is 12.0 Å². The summed E-state index contributed by atoms with van der Waals surface area (Å²) < 4.78 is 0. The number of aromatic nitrogens is 1. The number of hydrogen-bond donors (Lipinski definition) is 18. The second-order valence-corrected chi connectivity index (χ2v) is 35.0. The third-order valence-corrected chi connectivity index (χ3v) is 20.0. The van der Waals surface area contributed by atoms with E-state index in [1.807, 2.05) is 59.7 Å². The minimum Gasteiger partial charge on any atom is -0.480 e. The van der Waals surface area contributed by atoms with Gasteiger partial charge in [-0.25, -0.2) is 4.79 Å². The van der Waals surface area contributed by atoms with Crippen LogP contribution in [0.2, 0.25) is 0 Å². The van der Waals surface area contributed by atoms with Crippen LogP contribution in [0.5, 0.6) is 0 Å². The molecule has 0 bridgehead atoms. The van der Waals surface area contributed by atoms with Crippen LogP contribution >= 0.6 is 0 Å². The lowest BCUT2D eigenvalue weighted by molar-refractivity contribution is -0.144. The van der Waals surface area contributed by atoms with Gasteiger partial charge < -0.3 is 95.6 Å². The second kappa shape index (κ2) is 49.5. The lowest BCUT2D eigenvalue weighted by atomic mass is 9.96. The molecule has 660 valence electrons. The number of carboxylic acid groups (broad SMARTS) is 1. The van der Waals surface area contributed by atoms with E-state index in [-0.39, 0.29) is 67.6 Å². The summed E-state index contributed by atoms with van der Waals surface area (Å²) in [6.45, 7) is 41.7. The Morgan fingerprint density at radius 2 is 0.641 bits per heavy atom. The van der Waals surface area contributed by atoms with Gasteiger partial charge in [0.05, 0.1) is 19.1 Å². The van der Waals surface area contributed by atoms with Crippen LogP contribution < -0.4 is 85.5 Å². The van der Waals surface area contributed by atoms with E-state index < -0.39 is 228 Å². The van der Waals surface area contributed by atoms with Crippen molar-refractivity contribution in [3.63, 3.8) is 0 Å². The molecule has 1 aromatic heterocycles. The van der Waals surface area contributed by atoms with Crippen molar-refractivity contribution in [2.45, 2.75) is 296 Å². The van der Waals surface area contributed by atoms with Gasteiger partial charge >= 0.3 is 5.97 Å². The van der Waals surface area contributed by atoms with E-state index in [0.717, 1.165) is 10.9 Å². The zero-order chi connectivity index (χ0) is 89.5. The molecule has 0 saturated heterocycles. The van der Waals surface area contributed by atoms with E-state index in [9.17, 15) is 81.8 Å². The molecule has 0 saturated carbocycles. The van der Waals surface area contributed by atoms with Gasteiger partial charge in [-0.15, -0.1) is 0 Å². The Kier molecular flexibility index (Phi) is 43.7. The highest BCUT2D eigenvalue weighted by molar-refractivity contribution is 6.01. The number of hydrogen-bond acceptors (Lipinski definition) is 17. The number of H-pyrrole nitrogens is 1. The lowest BCUT2D eigenvalue weighted by Gasteiger charge is -2.31. The molecule has 34 heteroatoms. The Morgan fingerprint density at radius 3 is 1.03 bits per heavy atom. The highest BCUT2D eigenvalue weighted by atomic mass is 16.4. The molecule has 0 radical (unpaired) electrons. The Labute approximate surface area is 691 Å². The topological polar surface area (TPSA) is 516 Å². The molecule has 1 heterocycles. The maximum Gasteiger partial charge on any atom is 0.326 e. The SMILES string of the molecule is CC[C@H](C)[C@H](NC(=O)[C@@H](NC(=O)[C@H](C)NC(=O)[C@H](CC(C)C)NC(=O)[C@@H](NC(=O)[C@H](Cc1c[nH]c2ccccc12)NC(=O)[C@@H](NC(=O)[C@@H](NC(=O)[C@H](CC(C)C)NC(=O)[C@H](CC(C)C)NC(=O)[C@H](CC(C)C)NC(=O)CNC(=O)CNC(=O)[C@@H](NC(=O)[C@@H](NC(=O)[C@@H](N)C(C)C)C(C)C)C(C)C)C(C)C)C(C)C)C(C)C)C(C)C)C(=O)O. The monoisotopic (exact) mass is 1650 g/mol. The Balaban J connectivity index is 2.40. The molecule has 19 N–H and O–H groups in total. The quantitative estimate of drug-likeness (QED) is 0.0452. The molecule has 0 aliphatic carbocycles. The van der Waals surface area contributed by atoms with Crippen LogP contribution in [-0.4, -0.2) is 202 Å². The standard InChI is InChI=1S/C83H141N17O17/c1-26-50(24)69(83(116)117)100-82(115)66(47(18)19)94-70(103)51(25)88-71(104)56(32-40(4)5)92-78(111)64(45(14)15)95-75(108)59(35-52-36-85-54-30-28-27-29-53(52)54)93-79(112)65(46(16)17)99-80(113)67(48(20)21)96-74(107)58(34-42(8)9)91-73(106)57(33-41(6)7)90-72(105)55(31-39(2)3)89-61(102)38-86-60(101)37-87-77(110)63(44(12)13)98-81(114)68(49(22)23)97-76(109)62(84)43(10)11/h27-30,36,39-51,55-59,62-69,85H,26,31-35,37-38,84H2,1-25H3,(H,86,101)(H,87,110)(H,88,104)(H,89,102)(H,90,105)(H,91,106)(H,92,111)(H,93,112)(H,94,103)(H,95,108)(H,96,107)(H,97,109)(H,98,114)(H,99,113)(H,100,115)(H,116,117)/t50-,51-,55-,56-,57-,58-,59-,62-,63-,64-,65-,66-,67-,68-,69-/m0/s1. The fourth-order valence-electron chi connectivity index (χ4n) is 12.7. The average Bonchev–Trinajstić information content (AvgIpc) is 1.73. The Morgan fingerprint density at radius 1 is 0.333 bits per heavy atom. The van der Waals surface area contributed by atoms with Crippen molar-refractivity contribution in [1.29, 1.82) is 0 Å². The summed E-state index contributed by atoms with van der Waals surface area (Å²) >= 11 is 0. The van der Waals surface area contributed by atoms with E-state index in [2.05, 4.69) is 84.7 Å². The fraction of sp³-hybridized carbons (Fsp3) is 0.711. The Hall–Kier alpha value is -9.76. The smallest absolute Gasteiger partial charge is 0.326 e. The molecule has 0 aliphatic rings. The van der Waals surface area contributed by atoms with Crippen LogP contribution in [0, 0.1) is 71.0 Å². The molecule has 15 amide bonds. The van der Waals surface area contributed by atoms with E-state index in [1.165, 1.54) is 6.92 Å². The van der Waals surface area contributed by atoms with Gasteiger partial charge in [-0.05, 0) is 115 Å². The lowest BCUT2D eigenvalue weighted by Crippen LogP contribution is -2.62. The van der Waals surface area contributed by atoms with Gasteiger partial charge in [-0.3, -0.25) is 71.9 Å². The van der Waals surface area contributed by atoms with Crippen molar-refractivity contribution in [1.82, 2.24) is 84.7 Å². The van der Waals surface area contributed by atoms with Gasteiger partial charge in [-0.2, -0.15) is 0 Å². The molecule has 15 atom stereocenters. The number of nitrogens with two attached hydrogens (primary N) is 1. The van der Waals surface area contributed by atoms with Gasteiger partial charge in [0.1, 0.15) is 78.5 Å². The van der Waals surface area contributed by atoms with Gasteiger partial charge in [0.25, 0.3) is 0 Å². The summed E-state index contributed by atoms with van der Waals surface area (Å²) in [7, 11) is 0. The number of carboxylic acids is 1. The third kappa shape index (κ3) is 34.8. The molecule has 2 rings (SSSR count). The summed E-state index contributed by atoms with van der Waals surface area (Å²) in [6, 6.07) is -9.88. The summed E-state index contributed by atoms with van der Waals surface area (Å²) in [4.78, 5) is 225. The molecule has 0 spiro atoms. The van der Waals surface area contributed by atoms with Crippen LogP contribution in [0.3, 0.4) is 0 Å². The number of nitrogens with one attached hydrogen (secondary N) is 16. The first kappa shape index (κ1) is 103. The van der Waals surface area contributed by atoms with Crippen molar-refractivity contribution >= 4 is 105 Å². The third-order valence-electron chi connectivity index (χ3n) is 20.0. The molecular weight excluding hydrogens is 1510 g/mol. The molecule has 34 nitrogen and oxygen atoms in total. The van der Waals surface area contributed by atoms with E-state index in [4.69, 9.17) is 5.73 Å². The zero-order valence-electron chi connectivity index (χ0n) is 73.6. The van der Waals surface area contributed by atoms with Gasteiger partial charge in [0, 0.05) is 23.5 Å². The van der Waals surface area contributed by atoms with Crippen molar-refractivity contribution < 1.29 is 81.8 Å². The first-order chi connectivity index (χ1) is 54.3. The predicted octanol–water partition coefficient (Wildman–Crippen LogP) is 2.50. The van der Waals surface area contributed by atoms with E-state index in [1.54, 1.807) is 137 Å². The molecule has 0 fully saturated rings. The van der Waals surface area contributed by atoms with E-state index >= 15 is 0 Å². The molecule has 0 unspecified atom stereocenters. The van der Waals surface area contributed by atoms with Gasteiger partial charge in [0.2, 0.25) is 88.6 Å². The minimum absolute atomic E-state index is 0.0582. The summed E-state index contributed by atoms with van der Waals surface area (Å²) in [5.41, 5.74) is 7.33. The normalized spacial score (nSPS) is 15.6. The van der Waals surface area contributed by atoms with Crippen LogP contribution in [-0.2, 0) is 83.1 Å². The van der Waals surface area contributed by atoms with Crippen LogP contribution in [0.15, 0.2) is 30.5 Å². The first-order valence-electron chi connectivity index (χ1n) is 41.4. The number of carbonyl (C=O) groups is 16. The van der Waals surface area contributed by atoms with Crippen molar-refractivity contribution in [3.8, 4) is 0 Å². The molecule has 0 aliphatic heterocycles. The number of amides is 15. The molecule has 2 aromatic rings. The number of para-hydroxylation sites is 1. The highest BCUT2D eigenvalue weighted by Crippen LogP contribution is 2.22. The summed E-state index contributed by atoms with van der Waals surface area (Å²) in [5, 5.41) is 50.7. The van der Waals surface area contributed by atoms with Gasteiger partial charge in [0.15, 0.2) is 0 Å². The van der Waals surface area contributed by atoms with Crippen LogP contribution in [0.4, 0.5) is 0 Å². The highest BCUT2D eigenvalue weighted by Gasteiger charge is 2.40. The van der Waals surface area contributed by atoms with Gasteiger partial charge in [-0.1, -0.05) is 191 Å². The summed E-state index contributed by atoms with van der Waals surface area (Å²) in [6.07, 6.45) is 2.30. The zero-order valence-corrected chi connectivity index (χ0v) is 73.6. The van der Waals surface area contributed by atoms with Crippen LogP contribution in [0.1, 0.15) is 211 Å². The average molecular weight is 1650 g/mol. The second-order valence-electron chi connectivity index (χ2n) is 35.0. The molecule has 117 heavy (non-hydrogen) atoms. The number of rotatable bonds is 50. The largest absolute Gasteiger partial charge is 0.480 e. The molecular formula is C83H141N17O17. The Bertz CT molecular complexity index is 3680. The maximum absolute atomic E-state index is 14.9. The van der Waals surface area contributed by atoms with Crippen molar-refractivity contribution in [3.05, 3.63) is 36.0 Å². The van der Waals surface area contributed by atoms with Crippen molar-refractivity contribution in [2.24, 2.45) is 76.7 Å². The first-order valence-corrected chi connectivity index (χ1v) is 41.4. The number of benzene rings is 1. The fourth-order valence-corrected chi connectivity index (χ4v) is 12.7. The minimum atomic E-state index is -1.42. The predicted molar refractivity (Wildman–Crippen MR) is 446 cm³/mol. The van der Waals surface area contributed by atoms with Crippen molar-refractivity contribution in [2.75, 3.05) is 13.1 Å².